The number of piperidine rings is 1. The van der Waals surface area contributed by atoms with Gasteiger partial charge in [-0.3, -0.25) is 5.10 Å². The van der Waals surface area contributed by atoms with Gasteiger partial charge < -0.3 is 11.1 Å². The summed E-state index contributed by atoms with van der Waals surface area (Å²) in [7, 11) is 0. The first kappa shape index (κ1) is 7.54. The summed E-state index contributed by atoms with van der Waals surface area (Å²) in [6.45, 7) is 1.06. The van der Waals surface area contributed by atoms with E-state index in [1.807, 2.05) is 0 Å². The Bertz CT molecular complexity index is 250. The molecule has 1 aliphatic heterocycles. The largest absolute Gasteiger partial charge is 0.367 e. The average Bonchev–Trinajstić information content (AvgIpc) is 2.54. The highest BCUT2D eigenvalue weighted by atomic mass is 15.3. The van der Waals surface area contributed by atoms with E-state index in [0.717, 1.165) is 18.8 Å². The van der Waals surface area contributed by atoms with Crippen molar-refractivity contribution >= 4 is 5.95 Å². The molecule has 0 amide bonds. The van der Waals surface area contributed by atoms with E-state index in [0.29, 0.717) is 12.0 Å². The molecule has 0 bridgehead atoms. The molecule has 5 nitrogen and oxygen atoms in total. The predicted octanol–water partition coefficient (Wildman–Crippen LogP) is 0.201. The van der Waals surface area contributed by atoms with Crippen LogP contribution in [-0.2, 0) is 0 Å². The first-order chi connectivity index (χ1) is 5.86. The highest BCUT2D eigenvalue weighted by molar-refractivity contribution is 5.14. The number of hydrogen-bond acceptors (Lipinski definition) is 4. The lowest BCUT2D eigenvalue weighted by Gasteiger charge is -2.20. The Kier molecular flexibility index (Phi) is 1.95. The van der Waals surface area contributed by atoms with Crippen LogP contribution in [0.25, 0.3) is 0 Å². The first-order valence-corrected chi connectivity index (χ1v) is 4.27. The third-order valence-corrected chi connectivity index (χ3v) is 2.16. The minimum atomic E-state index is 0.323. The van der Waals surface area contributed by atoms with Crippen LogP contribution in [0.5, 0.6) is 0 Å². The van der Waals surface area contributed by atoms with Crippen LogP contribution in [0.1, 0.15) is 31.1 Å². The second kappa shape index (κ2) is 3.10. The summed E-state index contributed by atoms with van der Waals surface area (Å²) in [5.41, 5.74) is 5.40. The molecule has 4 N–H and O–H groups in total. The summed E-state index contributed by atoms with van der Waals surface area (Å²) >= 11 is 0. The maximum absolute atomic E-state index is 5.40. The van der Waals surface area contributed by atoms with Crippen LogP contribution < -0.4 is 11.1 Å². The van der Waals surface area contributed by atoms with E-state index in [4.69, 9.17) is 5.73 Å². The molecule has 12 heavy (non-hydrogen) atoms. The summed E-state index contributed by atoms with van der Waals surface area (Å²) in [5.74, 6) is 1.20. The van der Waals surface area contributed by atoms with E-state index in [-0.39, 0.29) is 0 Å². The van der Waals surface area contributed by atoms with Gasteiger partial charge in [-0.15, -0.1) is 5.10 Å². The van der Waals surface area contributed by atoms with Crippen molar-refractivity contribution in [2.24, 2.45) is 0 Å². The predicted molar refractivity (Wildman–Crippen MR) is 45.4 cm³/mol. The third kappa shape index (κ3) is 1.40. The quantitative estimate of drug-likeness (QED) is 0.558. The van der Waals surface area contributed by atoms with Crippen LogP contribution in [0, 0.1) is 0 Å². The van der Waals surface area contributed by atoms with Crippen LogP contribution in [0.2, 0.25) is 0 Å². The van der Waals surface area contributed by atoms with Gasteiger partial charge in [-0.25, -0.2) is 0 Å². The zero-order chi connectivity index (χ0) is 8.39. The van der Waals surface area contributed by atoms with Gasteiger partial charge in [0.05, 0.1) is 6.04 Å². The smallest absolute Gasteiger partial charge is 0.239 e. The minimum Gasteiger partial charge on any atom is -0.367 e. The van der Waals surface area contributed by atoms with Crippen molar-refractivity contribution in [2.75, 3.05) is 12.3 Å². The minimum absolute atomic E-state index is 0.323. The van der Waals surface area contributed by atoms with E-state index in [1.54, 1.807) is 0 Å². The lowest BCUT2D eigenvalue weighted by Crippen LogP contribution is -2.27. The molecule has 0 radical (unpaired) electrons. The van der Waals surface area contributed by atoms with Gasteiger partial charge in [-0.2, -0.15) is 4.98 Å². The molecule has 1 aromatic rings. The summed E-state index contributed by atoms with van der Waals surface area (Å²) in [5, 5.41) is 9.98. The van der Waals surface area contributed by atoms with Gasteiger partial charge in [0.25, 0.3) is 0 Å². The molecule has 1 aromatic heterocycles. The molecule has 0 unspecified atom stereocenters. The fourth-order valence-electron chi connectivity index (χ4n) is 1.53. The van der Waals surface area contributed by atoms with Crippen LogP contribution in [0.3, 0.4) is 0 Å². The van der Waals surface area contributed by atoms with Gasteiger partial charge in [0.1, 0.15) is 5.82 Å². The Labute approximate surface area is 70.8 Å². The molecule has 1 fully saturated rings. The molecule has 1 aliphatic rings. The molecule has 0 aromatic carbocycles. The Morgan fingerprint density at radius 1 is 1.42 bits per heavy atom. The van der Waals surface area contributed by atoms with Gasteiger partial charge in [0, 0.05) is 0 Å². The van der Waals surface area contributed by atoms with E-state index >= 15 is 0 Å². The van der Waals surface area contributed by atoms with E-state index in [9.17, 15) is 0 Å². The average molecular weight is 167 g/mol. The Balaban J connectivity index is 2.08. The Morgan fingerprint density at radius 2 is 2.33 bits per heavy atom. The van der Waals surface area contributed by atoms with Crippen LogP contribution in [0.15, 0.2) is 0 Å². The Morgan fingerprint density at radius 3 is 2.92 bits per heavy atom. The molecule has 5 heteroatoms. The lowest BCUT2D eigenvalue weighted by atomic mass is 10.0. The van der Waals surface area contributed by atoms with Gasteiger partial charge >= 0.3 is 0 Å². The normalized spacial score (nSPS) is 24.2. The maximum Gasteiger partial charge on any atom is 0.239 e. The number of nitrogen functional groups attached to an aromatic ring is 1. The van der Waals surface area contributed by atoms with Crippen molar-refractivity contribution in [2.45, 2.75) is 25.3 Å². The second-order valence-electron chi connectivity index (χ2n) is 3.08. The zero-order valence-corrected chi connectivity index (χ0v) is 6.88. The molecule has 0 spiro atoms. The first-order valence-electron chi connectivity index (χ1n) is 4.27. The Hall–Kier alpha value is -1.10. The number of nitrogens with two attached hydrogens (primary N) is 1. The molecule has 0 saturated carbocycles. The van der Waals surface area contributed by atoms with Gasteiger partial charge in [-0.05, 0) is 19.4 Å². The van der Waals surface area contributed by atoms with Gasteiger partial charge in [0.2, 0.25) is 5.95 Å². The van der Waals surface area contributed by atoms with E-state index in [1.165, 1.54) is 12.8 Å². The molecule has 2 rings (SSSR count). The molecule has 2 heterocycles. The van der Waals surface area contributed by atoms with Crippen LogP contribution >= 0.6 is 0 Å². The number of hydrogen-bond donors (Lipinski definition) is 3. The van der Waals surface area contributed by atoms with Crippen molar-refractivity contribution in [1.29, 1.82) is 0 Å². The number of aromatic amines is 1. The fraction of sp³-hybridized carbons (Fsp3) is 0.714. The number of aromatic nitrogens is 3. The summed E-state index contributed by atoms with van der Waals surface area (Å²) in [6, 6.07) is 0.323. The molecule has 66 valence electrons. The third-order valence-electron chi connectivity index (χ3n) is 2.16. The van der Waals surface area contributed by atoms with Gasteiger partial charge in [-0.1, -0.05) is 6.42 Å². The topological polar surface area (TPSA) is 79.6 Å². The fourth-order valence-corrected chi connectivity index (χ4v) is 1.53. The number of H-pyrrole nitrogens is 1. The number of nitrogens with one attached hydrogen (secondary N) is 2. The summed E-state index contributed by atoms with van der Waals surface area (Å²) < 4.78 is 0. The number of rotatable bonds is 1. The van der Waals surface area contributed by atoms with Crippen LogP contribution in [-0.4, -0.2) is 21.7 Å². The maximum atomic E-state index is 5.40. The number of anilines is 1. The summed E-state index contributed by atoms with van der Waals surface area (Å²) in [4.78, 5) is 4.08. The molecule has 0 aliphatic carbocycles. The van der Waals surface area contributed by atoms with Crippen molar-refractivity contribution in [3.05, 3.63) is 5.82 Å². The van der Waals surface area contributed by atoms with E-state index < -0.39 is 0 Å². The number of nitrogens with zero attached hydrogens (tertiary/aromatic N) is 2. The van der Waals surface area contributed by atoms with Crippen molar-refractivity contribution in [3.8, 4) is 0 Å². The summed E-state index contributed by atoms with van der Waals surface area (Å²) in [6.07, 6.45) is 3.62. The molecule has 1 atom stereocenters. The molecular weight excluding hydrogens is 154 g/mol. The van der Waals surface area contributed by atoms with Crippen molar-refractivity contribution < 1.29 is 0 Å². The SMILES string of the molecule is Nc1n[nH]c([C@H]2CCCCN2)n1. The molecule has 1 saturated heterocycles. The molecular formula is C7H13N5. The van der Waals surface area contributed by atoms with Crippen LogP contribution in [0.4, 0.5) is 5.95 Å². The lowest BCUT2D eigenvalue weighted by molar-refractivity contribution is 0.398. The standard InChI is InChI=1S/C7H13N5/c8-7-10-6(11-12-7)5-3-1-2-4-9-5/h5,9H,1-4H2,(H3,8,10,11,12)/t5-/m1/s1. The highest BCUT2D eigenvalue weighted by Gasteiger charge is 2.17. The van der Waals surface area contributed by atoms with E-state index in [2.05, 4.69) is 20.5 Å². The van der Waals surface area contributed by atoms with Crippen molar-refractivity contribution in [1.82, 2.24) is 20.5 Å². The highest BCUT2D eigenvalue weighted by Crippen LogP contribution is 2.19. The van der Waals surface area contributed by atoms with Gasteiger partial charge in [0.15, 0.2) is 0 Å². The zero-order valence-electron chi connectivity index (χ0n) is 6.88. The monoisotopic (exact) mass is 167 g/mol. The second-order valence-corrected chi connectivity index (χ2v) is 3.08. The van der Waals surface area contributed by atoms with Crippen molar-refractivity contribution in [3.63, 3.8) is 0 Å².